The van der Waals surface area contributed by atoms with Crippen LogP contribution in [0.1, 0.15) is 72.1 Å². The van der Waals surface area contributed by atoms with Gasteiger partial charge in [-0.25, -0.2) is 4.79 Å². The zero-order valence-electron chi connectivity index (χ0n) is 23.7. The number of piperidine rings is 1. The van der Waals surface area contributed by atoms with Crippen LogP contribution in [0.2, 0.25) is 0 Å². The summed E-state index contributed by atoms with van der Waals surface area (Å²) in [6.45, 7) is 16.0. The minimum absolute atomic E-state index is 0.529. The molecule has 8 nitrogen and oxygen atoms in total. The van der Waals surface area contributed by atoms with E-state index in [0.29, 0.717) is 17.1 Å². The van der Waals surface area contributed by atoms with Gasteiger partial charge in [0.15, 0.2) is 0 Å². The Morgan fingerprint density at radius 3 is 2.54 bits per heavy atom. The quantitative estimate of drug-likeness (QED) is 0.435. The van der Waals surface area contributed by atoms with E-state index in [1.54, 1.807) is 7.11 Å². The zero-order chi connectivity index (χ0) is 27.2. The molecule has 8 heteroatoms. The van der Waals surface area contributed by atoms with E-state index in [2.05, 4.69) is 28.7 Å². The molecule has 0 spiro atoms. The van der Waals surface area contributed by atoms with Crippen LogP contribution in [-0.2, 0) is 17.7 Å². The number of hydrogen-bond acceptors (Lipinski definition) is 6. The van der Waals surface area contributed by atoms with E-state index in [4.69, 9.17) is 20.3 Å². The molecule has 0 atom stereocenters. The topological polar surface area (TPSA) is 94.6 Å². The summed E-state index contributed by atoms with van der Waals surface area (Å²) in [6, 6.07) is 5.66. The number of amides is 1. The van der Waals surface area contributed by atoms with Crippen molar-refractivity contribution in [2.45, 2.75) is 79.4 Å². The summed E-state index contributed by atoms with van der Waals surface area (Å²) in [5, 5.41) is 7.87. The number of benzene rings is 1. The molecule has 1 aromatic heterocycles. The summed E-state index contributed by atoms with van der Waals surface area (Å²) >= 11 is 0. The Kier molecular flexibility index (Phi) is 9.65. The first kappa shape index (κ1) is 28.6. The van der Waals surface area contributed by atoms with Gasteiger partial charge >= 0.3 is 6.09 Å². The van der Waals surface area contributed by atoms with E-state index in [0.717, 1.165) is 67.5 Å². The van der Waals surface area contributed by atoms with Crippen molar-refractivity contribution in [2.75, 3.05) is 32.1 Å². The molecular formula is C29H45N5O3. The Morgan fingerprint density at radius 2 is 1.95 bits per heavy atom. The fourth-order valence-corrected chi connectivity index (χ4v) is 4.70. The van der Waals surface area contributed by atoms with Gasteiger partial charge < -0.3 is 20.1 Å². The zero-order valence-corrected chi connectivity index (χ0v) is 23.7. The highest BCUT2D eigenvalue weighted by molar-refractivity contribution is 5.88. The molecule has 1 saturated heterocycles. The average Bonchev–Trinajstić information content (AvgIpc) is 3.20. The lowest BCUT2D eigenvalue weighted by Crippen LogP contribution is -2.35. The third-order valence-corrected chi connectivity index (χ3v) is 6.76. The Hall–Kier alpha value is -3.00. The highest BCUT2D eigenvalue weighted by Crippen LogP contribution is 2.35. The molecule has 0 saturated carbocycles. The molecule has 3 rings (SSSR count). The summed E-state index contributed by atoms with van der Waals surface area (Å²) in [7, 11) is 1.58. The van der Waals surface area contributed by atoms with Gasteiger partial charge in [-0.15, -0.1) is 0 Å². The second-order valence-electron chi connectivity index (χ2n) is 11.0. The maximum absolute atomic E-state index is 12.3. The van der Waals surface area contributed by atoms with Gasteiger partial charge in [0.1, 0.15) is 17.0 Å². The van der Waals surface area contributed by atoms with Crippen LogP contribution in [-0.4, -0.2) is 53.1 Å². The Morgan fingerprint density at radius 1 is 1.24 bits per heavy atom. The van der Waals surface area contributed by atoms with Gasteiger partial charge in [-0.1, -0.05) is 32.4 Å². The number of carbonyl (C=O) groups is 1. The van der Waals surface area contributed by atoms with Gasteiger partial charge in [0.05, 0.1) is 19.3 Å². The van der Waals surface area contributed by atoms with Gasteiger partial charge in [-0.05, 0) is 78.1 Å². The van der Waals surface area contributed by atoms with E-state index in [-0.39, 0.29) is 0 Å². The minimum Gasteiger partial charge on any atom is -0.495 e. The third kappa shape index (κ3) is 7.51. The summed E-state index contributed by atoms with van der Waals surface area (Å²) in [6.07, 6.45) is 5.81. The van der Waals surface area contributed by atoms with Crippen molar-refractivity contribution >= 4 is 17.5 Å². The van der Waals surface area contributed by atoms with Gasteiger partial charge in [0, 0.05) is 29.1 Å². The van der Waals surface area contributed by atoms with Crippen LogP contribution < -0.4 is 15.8 Å². The maximum Gasteiger partial charge on any atom is 0.412 e. The minimum atomic E-state index is -0.592. The molecule has 0 radical (unpaired) electrons. The number of rotatable bonds is 9. The summed E-state index contributed by atoms with van der Waals surface area (Å²) in [5.41, 5.74) is 11.1. The molecule has 2 heterocycles. The number of aromatic nitrogens is 2. The van der Waals surface area contributed by atoms with Gasteiger partial charge in [0.25, 0.3) is 0 Å². The number of carbonyl (C=O) groups excluding carboxylic acids is 1. The molecule has 1 fully saturated rings. The van der Waals surface area contributed by atoms with E-state index in [9.17, 15) is 4.79 Å². The summed E-state index contributed by atoms with van der Waals surface area (Å²) < 4.78 is 13.2. The number of likely N-dealkylation sites (tertiary alicyclic amines) is 1. The molecule has 37 heavy (non-hydrogen) atoms. The summed E-state index contributed by atoms with van der Waals surface area (Å²) in [4.78, 5) is 14.9. The molecule has 1 aliphatic heterocycles. The van der Waals surface area contributed by atoms with E-state index in [1.165, 1.54) is 12.8 Å². The number of ether oxygens (including phenoxy) is 2. The SMILES string of the molecule is C/C=C(/N)c1c(-c2ccc(NC(=O)OC(C)(C)C)c(OC)c2)nn(CCN2CCC(C)CC2)c1CCC. The second-order valence-corrected chi connectivity index (χ2v) is 11.0. The van der Waals surface area contributed by atoms with Crippen molar-refractivity contribution in [3.8, 4) is 17.0 Å². The number of nitrogens with zero attached hydrogens (tertiary/aromatic N) is 3. The van der Waals surface area contributed by atoms with Crippen LogP contribution in [0.3, 0.4) is 0 Å². The lowest BCUT2D eigenvalue weighted by atomic mass is 9.99. The molecule has 3 N–H and O–H groups in total. The molecule has 0 bridgehead atoms. The Labute approximate surface area is 222 Å². The van der Waals surface area contributed by atoms with Crippen LogP contribution >= 0.6 is 0 Å². The highest BCUT2D eigenvalue weighted by Gasteiger charge is 2.23. The molecule has 0 unspecified atom stereocenters. The van der Waals surface area contributed by atoms with E-state index >= 15 is 0 Å². The fraction of sp³-hybridized carbons (Fsp3) is 0.586. The number of nitrogens with two attached hydrogens (primary N) is 1. The van der Waals surface area contributed by atoms with E-state index in [1.807, 2.05) is 52.0 Å². The first-order valence-corrected chi connectivity index (χ1v) is 13.5. The maximum atomic E-state index is 12.3. The van der Waals surface area contributed by atoms with Crippen molar-refractivity contribution in [1.29, 1.82) is 0 Å². The van der Waals surface area contributed by atoms with Crippen molar-refractivity contribution in [2.24, 2.45) is 11.7 Å². The van der Waals surface area contributed by atoms with Crippen molar-refractivity contribution < 1.29 is 14.3 Å². The third-order valence-electron chi connectivity index (χ3n) is 6.76. The molecule has 204 valence electrons. The van der Waals surface area contributed by atoms with Crippen molar-refractivity contribution in [3.63, 3.8) is 0 Å². The predicted octanol–water partition coefficient (Wildman–Crippen LogP) is 5.91. The normalized spacial score (nSPS) is 15.6. The number of nitrogens with one attached hydrogen (secondary N) is 1. The largest absolute Gasteiger partial charge is 0.495 e. The van der Waals surface area contributed by atoms with Gasteiger partial charge in [-0.3, -0.25) is 10.00 Å². The monoisotopic (exact) mass is 511 g/mol. The fourth-order valence-electron chi connectivity index (χ4n) is 4.70. The second kappa shape index (κ2) is 12.5. The lowest BCUT2D eigenvalue weighted by molar-refractivity contribution is 0.0635. The van der Waals surface area contributed by atoms with Crippen molar-refractivity contribution in [1.82, 2.24) is 14.7 Å². The molecule has 2 aromatic rings. The molecule has 1 amide bonds. The molecule has 1 aromatic carbocycles. The number of methoxy groups -OCH3 is 1. The van der Waals surface area contributed by atoms with E-state index < -0.39 is 11.7 Å². The number of allylic oxidation sites excluding steroid dienone is 1. The molecule has 1 aliphatic rings. The van der Waals surface area contributed by atoms with Crippen molar-refractivity contribution in [3.05, 3.63) is 35.5 Å². The first-order chi connectivity index (χ1) is 17.6. The van der Waals surface area contributed by atoms with Gasteiger partial charge in [-0.2, -0.15) is 5.10 Å². The number of anilines is 1. The first-order valence-electron chi connectivity index (χ1n) is 13.5. The molecule has 0 aliphatic carbocycles. The van der Waals surface area contributed by atoms with Crippen LogP contribution in [0.5, 0.6) is 5.75 Å². The van der Waals surface area contributed by atoms with Crippen LogP contribution in [0.15, 0.2) is 24.3 Å². The Bertz CT molecular complexity index is 1090. The lowest BCUT2D eigenvalue weighted by Gasteiger charge is -2.30. The van der Waals surface area contributed by atoms with Gasteiger partial charge in [0.2, 0.25) is 0 Å². The molecular weight excluding hydrogens is 466 g/mol. The van der Waals surface area contributed by atoms with Crippen LogP contribution in [0.25, 0.3) is 17.0 Å². The predicted molar refractivity (Wildman–Crippen MR) is 151 cm³/mol. The standard InChI is InChI=1S/C29H45N5O3/c1-8-10-24-26(22(30)9-2)27(32-34(24)18-17-33-15-13-20(3)14-16-33)21-11-12-23(25(19-21)36-7)31-28(35)37-29(4,5)6/h9,11-12,19-20H,8,10,13-18,30H2,1-7H3,(H,31,35)/b22-9+. The summed E-state index contributed by atoms with van der Waals surface area (Å²) in [5.74, 6) is 1.34. The average molecular weight is 512 g/mol. The Balaban J connectivity index is 1.95. The number of hydrogen-bond donors (Lipinski definition) is 2. The van der Waals surface area contributed by atoms with Crippen LogP contribution in [0, 0.1) is 5.92 Å². The smallest absolute Gasteiger partial charge is 0.412 e. The van der Waals surface area contributed by atoms with Crippen LogP contribution in [0.4, 0.5) is 10.5 Å². The highest BCUT2D eigenvalue weighted by atomic mass is 16.6.